The molecule has 0 saturated heterocycles. The molecule has 0 radical (unpaired) electrons. The van der Waals surface area contributed by atoms with E-state index in [4.69, 9.17) is 10.00 Å². The highest BCUT2D eigenvalue weighted by molar-refractivity contribution is 7.22. The van der Waals surface area contributed by atoms with Crippen LogP contribution >= 0.6 is 11.3 Å². The molecule has 2 aromatic heterocycles. The second-order valence-corrected chi connectivity index (χ2v) is 8.53. The van der Waals surface area contributed by atoms with Crippen molar-refractivity contribution in [2.75, 3.05) is 7.11 Å². The van der Waals surface area contributed by atoms with Gasteiger partial charge >= 0.3 is 5.69 Å². The van der Waals surface area contributed by atoms with E-state index in [9.17, 15) is 19.2 Å². The minimum Gasteiger partial charge on any atom is -0.494 e. The molecule has 2 aromatic carbocycles. The highest BCUT2D eigenvalue weighted by Crippen LogP contribution is 2.36. The summed E-state index contributed by atoms with van der Waals surface area (Å²) in [5.41, 5.74) is 0.396. The molecule has 0 saturated carbocycles. The van der Waals surface area contributed by atoms with Crippen LogP contribution in [0.3, 0.4) is 0 Å². The Hall–Kier alpha value is -4.80. The Balaban J connectivity index is 1.87. The second kappa shape index (κ2) is 10.6. The Morgan fingerprint density at radius 3 is 2.64 bits per heavy atom. The molecule has 10 heteroatoms. The maximum atomic E-state index is 14.1. The Bertz CT molecular complexity index is 1700. The summed E-state index contributed by atoms with van der Waals surface area (Å²) in [4.78, 5) is 31.1. The molecule has 36 heavy (non-hydrogen) atoms. The zero-order valence-corrected chi connectivity index (χ0v) is 19.8. The van der Waals surface area contributed by atoms with E-state index in [1.807, 2.05) is 42.5 Å². The summed E-state index contributed by atoms with van der Waals surface area (Å²) in [7, 11) is 1.31. The molecule has 0 spiro atoms. The summed E-state index contributed by atoms with van der Waals surface area (Å²) in [5, 5.41) is 18.6. The number of methoxy groups -OCH3 is 1. The molecule has 0 fully saturated rings. The Labute approximate surface area is 208 Å². The molecule has 8 nitrogen and oxygen atoms in total. The molecule has 4 aromatic rings. The van der Waals surface area contributed by atoms with E-state index in [2.05, 4.69) is 4.99 Å². The van der Waals surface area contributed by atoms with Crippen LogP contribution in [-0.2, 0) is 6.54 Å². The molecular formula is C26H18FN5O3S. The fourth-order valence-electron chi connectivity index (χ4n) is 3.59. The summed E-state index contributed by atoms with van der Waals surface area (Å²) in [6.45, 7) is 0.0568. The van der Waals surface area contributed by atoms with Crippen LogP contribution < -0.4 is 16.0 Å². The van der Waals surface area contributed by atoms with E-state index in [1.165, 1.54) is 30.1 Å². The lowest BCUT2D eigenvalue weighted by Gasteiger charge is -2.07. The van der Waals surface area contributed by atoms with Gasteiger partial charge in [-0.25, -0.2) is 13.8 Å². The minimum absolute atomic E-state index is 0.0437. The fourth-order valence-corrected chi connectivity index (χ4v) is 4.71. The molecule has 0 unspecified atom stereocenters. The van der Waals surface area contributed by atoms with Crippen molar-refractivity contribution in [2.45, 2.75) is 13.0 Å². The van der Waals surface area contributed by atoms with Crippen LogP contribution in [0.1, 0.15) is 17.5 Å². The van der Waals surface area contributed by atoms with E-state index < -0.39 is 17.1 Å². The van der Waals surface area contributed by atoms with Crippen LogP contribution in [0.15, 0.2) is 69.3 Å². The van der Waals surface area contributed by atoms with Crippen LogP contribution in [-0.4, -0.2) is 22.5 Å². The number of aryl methyl sites for hydroxylation is 1. The van der Waals surface area contributed by atoms with Crippen molar-refractivity contribution in [1.82, 2.24) is 9.13 Å². The molecule has 0 bridgehead atoms. The molecule has 0 amide bonds. The lowest BCUT2D eigenvalue weighted by Crippen LogP contribution is -2.36. The smallest absolute Gasteiger partial charge is 0.335 e. The zero-order chi connectivity index (χ0) is 25.7. The molecule has 2 heterocycles. The first-order valence-electron chi connectivity index (χ1n) is 10.7. The van der Waals surface area contributed by atoms with Gasteiger partial charge in [0.15, 0.2) is 11.6 Å². The van der Waals surface area contributed by atoms with Crippen LogP contribution in [0, 0.1) is 28.5 Å². The fraction of sp³-hybridized carbons (Fsp3) is 0.115. The van der Waals surface area contributed by atoms with Crippen molar-refractivity contribution in [3.8, 4) is 28.3 Å². The van der Waals surface area contributed by atoms with Gasteiger partial charge in [-0.1, -0.05) is 30.3 Å². The first kappa shape index (κ1) is 24.3. The third-order valence-corrected chi connectivity index (χ3v) is 6.45. The molecule has 0 aliphatic carbocycles. The van der Waals surface area contributed by atoms with Crippen molar-refractivity contribution >= 4 is 34.0 Å². The number of nitrogens with zero attached hydrogens (tertiary/aromatic N) is 5. The van der Waals surface area contributed by atoms with E-state index in [1.54, 1.807) is 12.3 Å². The summed E-state index contributed by atoms with van der Waals surface area (Å²) in [6.07, 6.45) is 4.24. The number of rotatable bonds is 7. The predicted octanol–water partition coefficient (Wildman–Crippen LogP) is 4.37. The van der Waals surface area contributed by atoms with Gasteiger partial charge in [0.05, 0.1) is 36.7 Å². The summed E-state index contributed by atoms with van der Waals surface area (Å²) < 4.78 is 21.7. The van der Waals surface area contributed by atoms with Crippen molar-refractivity contribution in [2.24, 2.45) is 4.99 Å². The summed E-state index contributed by atoms with van der Waals surface area (Å²) in [5.74, 6) is -0.742. The van der Waals surface area contributed by atoms with E-state index in [0.29, 0.717) is 16.0 Å². The largest absolute Gasteiger partial charge is 0.494 e. The van der Waals surface area contributed by atoms with Crippen molar-refractivity contribution < 1.29 is 9.13 Å². The quantitative estimate of drug-likeness (QED) is 0.350. The summed E-state index contributed by atoms with van der Waals surface area (Å²) in [6, 6.07) is 17.3. The van der Waals surface area contributed by atoms with E-state index in [-0.39, 0.29) is 29.0 Å². The lowest BCUT2D eigenvalue weighted by molar-refractivity contribution is 0.386. The van der Waals surface area contributed by atoms with Crippen LogP contribution in [0.5, 0.6) is 5.75 Å². The number of hydrogen-bond donors (Lipinski definition) is 0. The number of benzene rings is 2. The molecule has 0 aliphatic heterocycles. The number of aliphatic imine (C=N–C) groups is 1. The van der Waals surface area contributed by atoms with Gasteiger partial charge in [0.2, 0.25) is 0 Å². The molecule has 178 valence electrons. The highest BCUT2D eigenvalue weighted by atomic mass is 32.1. The van der Waals surface area contributed by atoms with Gasteiger partial charge in [-0.3, -0.25) is 14.4 Å². The van der Waals surface area contributed by atoms with Gasteiger partial charge in [0.25, 0.3) is 5.56 Å². The monoisotopic (exact) mass is 499 g/mol. The van der Waals surface area contributed by atoms with Crippen LogP contribution in [0.4, 0.5) is 4.39 Å². The lowest BCUT2D eigenvalue weighted by atomic mass is 10.1. The molecule has 0 aliphatic rings. The highest BCUT2D eigenvalue weighted by Gasteiger charge is 2.19. The van der Waals surface area contributed by atoms with E-state index >= 15 is 0 Å². The third kappa shape index (κ3) is 4.71. The normalized spacial score (nSPS) is 11.2. The predicted molar refractivity (Wildman–Crippen MR) is 137 cm³/mol. The number of thiophene rings is 1. The van der Waals surface area contributed by atoms with Gasteiger partial charge < -0.3 is 4.74 Å². The maximum Gasteiger partial charge on any atom is 0.335 e. The minimum atomic E-state index is -0.687. The number of fused-ring (bicyclic) bond motifs is 1. The molecule has 4 rings (SSSR count). The van der Waals surface area contributed by atoms with Gasteiger partial charge in [0.1, 0.15) is 4.70 Å². The number of nitriles is 2. The Morgan fingerprint density at radius 2 is 1.94 bits per heavy atom. The first-order valence-corrected chi connectivity index (χ1v) is 11.5. The van der Waals surface area contributed by atoms with Gasteiger partial charge in [-0.2, -0.15) is 10.5 Å². The van der Waals surface area contributed by atoms with E-state index in [0.717, 1.165) is 27.5 Å². The number of hydrogen-bond acceptors (Lipinski definition) is 7. The maximum absolute atomic E-state index is 14.1. The van der Waals surface area contributed by atoms with Gasteiger partial charge in [-0.05, 0) is 23.8 Å². The van der Waals surface area contributed by atoms with Crippen molar-refractivity contribution in [3.63, 3.8) is 0 Å². The van der Waals surface area contributed by atoms with Gasteiger partial charge in [-0.15, -0.1) is 11.3 Å². The van der Waals surface area contributed by atoms with Crippen molar-refractivity contribution in [1.29, 1.82) is 10.5 Å². The topological polar surface area (TPSA) is 113 Å². The Kier molecular flexibility index (Phi) is 7.19. The third-order valence-electron chi connectivity index (χ3n) is 5.30. The summed E-state index contributed by atoms with van der Waals surface area (Å²) >= 11 is 1.06. The van der Waals surface area contributed by atoms with Crippen LogP contribution in [0.2, 0.25) is 0 Å². The first-order chi connectivity index (χ1) is 17.5. The average molecular weight is 500 g/mol. The Morgan fingerprint density at radius 1 is 1.17 bits per heavy atom. The molecule has 0 N–H and O–H groups in total. The second-order valence-electron chi connectivity index (χ2n) is 7.47. The van der Waals surface area contributed by atoms with Gasteiger partial charge in [0, 0.05) is 35.6 Å². The number of aromatic nitrogens is 2. The molecular weight excluding hydrogens is 481 g/mol. The zero-order valence-electron chi connectivity index (χ0n) is 19.0. The standard InChI is InChI=1S/C26H18FN5O3S/c1-35-22-13-19(18(15-29)12-20(22)27)23-14-21-24(36-23)25(33)32(26(34)31(21)10-5-8-28)11-9-30-16-17-6-3-2-4-7-17/h2-4,6-7,9,11-14,16H,5,10H2,1H3/b11-9+,30-16?. The van der Waals surface area contributed by atoms with Crippen molar-refractivity contribution in [3.05, 3.63) is 92.5 Å². The number of ether oxygens (including phenoxy) is 1. The number of halogens is 1. The SMILES string of the molecule is COc1cc(-c2cc3c(s2)c(=O)n(/C=C/N=Cc2ccccc2)c(=O)n3CCC#N)c(C#N)cc1F. The van der Waals surface area contributed by atoms with Crippen LogP contribution in [0.25, 0.3) is 26.9 Å². The average Bonchev–Trinajstić information content (AvgIpc) is 3.34. The molecule has 0 atom stereocenters.